The number of unbranched alkanes of at least 4 members (excludes halogenated alkanes) is 1. The van der Waals surface area contributed by atoms with Crippen molar-refractivity contribution in [2.75, 3.05) is 12.3 Å². The summed E-state index contributed by atoms with van der Waals surface area (Å²) in [5.74, 6) is 2.12. The molecule has 1 heteroatoms. The molecule has 11 heavy (non-hydrogen) atoms. The zero-order valence-corrected chi connectivity index (χ0v) is 8.90. The van der Waals surface area contributed by atoms with Crippen LogP contribution in [0.1, 0.15) is 39.5 Å². The van der Waals surface area contributed by atoms with Gasteiger partial charge in [-0.25, -0.2) is 0 Å². The van der Waals surface area contributed by atoms with Gasteiger partial charge >= 0.3 is 0 Å². The Morgan fingerprint density at radius 1 is 1.45 bits per heavy atom. The Kier molecular flexibility index (Phi) is 4.45. The number of hydrogen-bond acceptors (Lipinski definition) is 0. The van der Waals surface area contributed by atoms with Gasteiger partial charge in [-0.15, -0.1) is 8.58 Å². The molecule has 66 valence electrons. The fourth-order valence-corrected chi connectivity index (χ4v) is 3.75. The highest BCUT2D eigenvalue weighted by atomic mass is 31.1. The van der Waals surface area contributed by atoms with Crippen molar-refractivity contribution in [1.82, 2.24) is 0 Å². The minimum atomic E-state index is 1.03. The van der Waals surface area contributed by atoms with Crippen molar-refractivity contribution >= 4 is 8.58 Å². The van der Waals surface area contributed by atoms with E-state index < -0.39 is 0 Å². The third kappa shape index (κ3) is 3.11. The average molecular weight is 172 g/mol. The molecule has 0 aromatic carbocycles. The normalized spacial score (nSPS) is 34.4. The van der Waals surface area contributed by atoms with E-state index in [-0.39, 0.29) is 0 Å². The molecule has 1 rings (SSSR count). The molecule has 0 aliphatic carbocycles. The smallest absolute Gasteiger partial charge is 0.0322 e. The molecule has 0 N–H and O–H groups in total. The molecule has 1 heterocycles. The SMILES string of the molecule is CCCCC1CPCCC1C. The highest BCUT2D eigenvalue weighted by molar-refractivity contribution is 7.38. The largest absolute Gasteiger partial charge is 0.122 e. The summed E-state index contributed by atoms with van der Waals surface area (Å²) in [5.41, 5.74) is 0. The lowest BCUT2D eigenvalue weighted by molar-refractivity contribution is 0.343. The third-order valence-corrected chi connectivity index (χ3v) is 4.37. The third-order valence-electron chi connectivity index (χ3n) is 2.92. The Bertz CT molecular complexity index is 101. The van der Waals surface area contributed by atoms with Crippen LogP contribution in [-0.4, -0.2) is 12.3 Å². The lowest BCUT2D eigenvalue weighted by Crippen LogP contribution is -2.19. The predicted molar refractivity (Wildman–Crippen MR) is 54.8 cm³/mol. The van der Waals surface area contributed by atoms with Crippen LogP contribution in [0, 0.1) is 11.8 Å². The summed E-state index contributed by atoms with van der Waals surface area (Å²) in [6.07, 6.45) is 8.91. The van der Waals surface area contributed by atoms with Gasteiger partial charge in [0.25, 0.3) is 0 Å². The maximum atomic E-state index is 2.45. The zero-order valence-electron chi connectivity index (χ0n) is 7.90. The van der Waals surface area contributed by atoms with Crippen LogP contribution in [0.4, 0.5) is 0 Å². The quantitative estimate of drug-likeness (QED) is 0.571. The molecule has 0 saturated carbocycles. The van der Waals surface area contributed by atoms with E-state index in [1.54, 1.807) is 6.16 Å². The predicted octanol–water partition coefficient (Wildman–Crippen LogP) is 3.51. The van der Waals surface area contributed by atoms with Gasteiger partial charge in [0.2, 0.25) is 0 Å². The highest BCUT2D eigenvalue weighted by Gasteiger charge is 2.19. The standard InChI is InChI=1S/C10H21P/c1-3-4-5-10-8-11-7-6-9(10)2/h9-11H,3-8H2,1-2H3. The first kappa shape index (κ1) is 9.52. The number of rotatable bonds is 3. The first-order valence-electron chi connectivity index (χ1n) is 5.05. The molecule has 0 radical (unpaired) electrons. The summed E-state index contributed by atoms with van der Waals surface area (Å²) in [6.45, 7) is 4.75. The maximum Gasteiger partial charge on any atom is -0.0322 e. The molecule has 1 saturated heterocycles. The van der Waals surface area contributed by atoms with Crippen molar-refractivity contribution in [3.05, 3.63) is 0 Å². The second-order valence-corrected chi connectivity index (χ2v) is 5.28. The van der Waals surface area contributed by atoms with Gasteiger partial charge < -0.3 is 0 Å². The highest BCUT2D eigenvalue weighted by Crippen LogP contribution is 2.34. The molecule has 1 aliphatic heterocycles. The fourth-order valence-electron chi connectivity index (χ4n) is 1.91. The second-order valence-electron chi connectivity index (χ2n) is 3.87. The summed E-state index contributed by atoms with van der Waals surface area (Å²) in [6, 6.07) is 0. The summed E-state index contributed by atoms with van der Waals surface area (Å²) in [4.78, 5) is 0. The van der Waals surface area contributed by atoms with Crippen LogP contribution < -0.4 is 0 Å². The summed E-state index contributed by atoms with van der Waals surface area (Å²) in [5, 5.41) is 0. The van der Waals surface area contributed by atoms with Gasteiger partial charge in [-0.2, -0.15) is 0 Å². The Morgan fingerprint density at radius 3 is 2.91 bits per heavy atom. The molecule has 0 nitrogen and oxygen atoms in total. The van der Waals surface area contributed by atoms with E-state index in [1.165, 1.54) is 40.4 Å². The van der Waals surface area contributed by atoms with E-state index in [1.807, 2.05) is 0 Å². The molecule has 0 bridgehead atoms. The van der Waals surface area contributed by atoms with E-state index in [0.717, 1.165) is 11.8 Å². The van der Waals surface area contributed by atoms with E-state index in [2.05, 4.69) is 13.8 Å². The first-order chi connectivity index (χ1) is 5.34. The molecular weight excluding hydrogens is 151 g/mol. The Labute approximate surface area is 72.9 Å². The van der Waals surface area contributed by atoms with Gasteiger partial charge in [0.1, 0.15) is 0 Å². The van der Waals surface area contributed by atoms with Crippen molar-refractivity contribution in [3.8, 4) is 0 Å². The maximum absolute atomic E-state index is 2.45. The van der Waals surface area contributed by atoms with Crippen LogP contribution in [0.15, 0.2) is 0 Å². The molecule has 1 aliphatic rings. The zero-order chi connectivity index (χ0) is 8.10. The molecule has 3 unspecified atom stereocenters. The van der Waals surface area contributed by atoms with E-state index in [4.69, 9.17) is 0 Å². The Hall–Kier alpha value is 0.430. The van der Waals surface area contributed by atoms with Crippen LogP contribution in [0.25, 0.3) is 0 Å². The monoisotopic (exact) mass is 172 g/mol. The van der Waals surface area contributed by atoms with Gasteiger partial charge in [0.05, 0.1) is 0 Å². The average Bonchev–Trinajstić information content (AvgIpc) is 2.03. The lowest BCUT2D eigenvalue weighted by Gasteiger charge is -2.28. The molecule has 1 fully saturated rings. The fraction of sp³-hybridized carbons (Fsp3) is 1.00. The van der Waals surface area contributed by atoms with Crippen molar-refractivity contribution in [2.45, 2.75) is 39.5 Å². The van der Waals surface area contributed by atoms with Crippen LogP contribution in [-0.2, 0) is 0 Å². The van der Waals surface area contributed by atoms with Gasteiger partial charge in [-0.3, -0.25) is 0 Å². The number of hydrogen-bond donors (Lipinski definition) is 0. The minimum absolute atomic E-state index is 1.03. The van der Waals surface area contributed by atoms with Crippen molar-refractivity contribution in [1.29, 1.82) is 0 Å². The van der Waals surface area contributed by atoms with Crippen molar-refractivity contribution in [2.24, 2.45) is 11.8 Å². The van der Waals surface area contributed by atoms with Crippen LogP contribution in [0.3, 0.4) is 0 Å². The molecule has 0 aromatic heterocycles. The van der Waals surface area contributed by atoms with Crippen LogP contribution >= 0.6 is 8.58 Å². The van der Waals surface area contributed by atoms with Crippen molar-refractivity contribution in [3.63, 3.8) is 0 Å². The summed E-state index contributed by atoms with van der Waals surface area (Å²) < 4.78 is 0. The lowest BCUT2D eigenvalue weighted by atomic mass is 9.89. The topological polar surface area (TPSA) is 0 Å². The van der Waals surface area contributed by atoms with Crippen molar-refractivity contribution < 1.29 is 0 Å². The van der Waals surface area contributed by atoms with Gasteiger partial charge in [-0.05, 0) is 37.0 Å². The van der Waals surface area contributed by atoms with Crippen LogP contribution in [0.2, 0.25) is 0 Å². The minimum Gasteiger partial charge on any atom is -0.122 e. The molecule has 0 amide bonds. The first-order valence-corrected chi connectivity index (χ1v) is 6.46. The summed E-state index contributed by atoms with van der Waals surface area (Å²) >= 11 is 0. The summed E-state index contributed by atoms with van der Waals surface area (Å²) in [7, 11) is 1.28. The molecule has 0 spiro atoms. The van der Waals surface area contributed by atoms with Gasteiger partial charge in [-0.1, -0.05) is 26.7 Å². The molecule has 0 aromatic rings. The second kappa shape index (κ2) is 5.14. The van der Waals surface area contributed by atoms with Crippen LogP contribution in [0.5, 0.6) is 0 Å². The Morgan fingerprint density at radius 2 is 2.27 bits per heavy atom. The van der Waals surface area contributed by atoms with Gasteiger partial charge in [0, 0.05) is 0 Å². The molecule has 3 atom stereocenters. The van der Waals surface area contributed by atoms with E-state index in [0.29, 0.717) is 0 Å². The van der Waals surface area contributed by atoms with Gasteiger partial charge in [0.15, 0.2) is 0 Å². The molecular formula is C10H21P. The van der Waals surface area contributed by atoms with E-state index in [9.17, 15) is 0 Å². The van der Waals surface area contributed by atoms with E-state index >= 15 is 0 Å². The Balaban J connectivity index is 2.18.